The number of nitrogens with zero attached hydrogens (tertiary/aromatic N) is 6. The van der Waals surface area contributed by atoms with Crippen LogP contribution in [-0.2, 0) is 39.3 Å². The molecule has 0 aromatic carbocycles. The van der Waals surface area contributed by atoms with Crippen LogP contribution >= 0.6 is 0 Å². The maximum atomic E-state index is 2.16. The second-order valence-electron chi connectivity index (χ2n) is 6.22. The van der Waals surface area contributed by atoms with Crippen molar-refractivity contribution in [2.24, 2.45) is 0 Å². The molecule has 0 atom stereocenters. The van der Waals surface area contributed by atoms with Crippen molar-refractivity contribution in [1.29, 1.82) is 0 Å². The molecule has 0 unspecified atom stereocenters. The molecule has 9 heteroatoms. The summed E-state index contributed by atoms with van der Waals surface area (Å²) in [4.78, 5) is 0. The Hall–Kier alpha value is -0.930. The number of imidazole rings is 3. The lowest BCUT2D eigenvalue weighted by atomic mass is 10.7. The molecular weight excluding hydrogens is 576 g/mol. The second kappa shape index (κ2) is 20.0. The van der Waals surface area contributed by atoms with Crippen molar-refractivity contribution in [3.63, 3.8) is 0 Å². The van der Waals surface area contributed by atoms with Crippen LogP contribution in [0.3, 0.4) is 0 Å². The summed E-state index contributed by atoms with van der Waals surface area (Å²) in [6.07, 6.45) is 18.9. The van der Waals surface area contributed by atoms with E-state index in [4.69, 9.17) is 0 Å². The Bertz CT molecular complexity index is 595. The molecule has 0 spiro atoms. The average molecular weight is 615 g/mol. The summed E-state index contributed by atoms with van der Waals surface area (Å²) >= 11 is 0. The number of aromatic nitrogens is 6. The van der Waals surface area contributed by atoms with Crippen LogP contribution in [0.15, 0.2) is 56.2 Å². The summed E-state index contributed by atoms with van der Waals surface area (Å²) in [7, 11) is 0. The van der Waals surface area contributed by atoms with E-state index in [1.807, 2.05) is 0 Å². The molecule has 0 bridgehead atoms. The number of aryl methyl sites for hydroxylation is 6. The van der Waals surface area contributed by atoms with Crippen molar-refractivity contribution in [2.75, 3.05) is 0 Å². The van der Waals surface area contributed by atoms with Crippen molar-refractivity contribution in [1.82, 2.24) is 13.7 Å². The van der Waals surface area contributed by atoms with Gasteiger partial charge in [0.15, 0.2) is 0 Å². The second-order valence-corrected chi connectivity index (χ2v) is 6.22. The van der Waals surface area contributed by atoms with E-state index < -0.39 is 0 Å². The van der Waals surface area contributed by atoms with Crippen LogP contribution in [0.5, 0.6) is 0 Å². The molecular formula is C21H39Br3N6. The Morgan fingerprint density at radius 3 is 0.800 bits per heavy atom. The van der Waals surface area contributed by atoms with E-state index in [2.05, 4.69) is 125 Å². The third-order valence-electron chi connectivity index (χ3n) is 4.43. The minimum atomic E-state index is 0. The number of hydrogen-bond donors (Lipinski definition) is 0. The first kappa shape index (κ1) is 33.7. The predicted molar refractivity (Wildman–Crippen MR) is 108 cm³/mol. The van der Waals surface area contributed by atoms with E-state index in [0.717, 1.165) is 39.3 Å². The lowest BCUT2D eigenvalue weighted by Gasteiger charge is -1.84. The zero-order valence-corrected chi connectivity index (χ0v) is 24.0. The fraction of sp³-hybridized carbons (Fsp3) is 0.571. The van der Waals surface area contributed by atoms with Gasteiger partial charge in [0.2, 0.25) is 19.0 Å². The Labute approximate surface area is 214 Å². The molecule has 0 radical (unpaired) electrons. The molecule has 3 aromatic rings. The summed E-state index contributed by atoms with van der Waals surface area (Å²) < 4.78 is 12.9. The standard InChI is InChI=1S/3C7H13N2.3BrH/c3*1-3-8-5-6-9(4-2)7-8;;;/h3*5-7H,3-4H2,1-2H3;3*1H/q3*+1;;;/p-3. The Balaban J connectivity index is -0.000000347. The van der Waals surface area contributed by atoms with Crippen LogP contribution in [0.2, 0.25) is 0 Å². The predicted octanol–water partition coefficient (Wildman–Crippen LogP) is -6.54. The zero-order chi connectivity index (χ0) is 20.1. The first-order valence-corrected chi connectivity index (χ1v) is 10.2. The van der Waals surface area contributed by atoms with Crippen molar-refractivity contribution < 1.29 is 64.6 Å². The largest absolute Gasteiger partial charge is 1.00 e. The molecule has 6 nitrogen and oxygen atoms in total. The minimum absolute atomic E-state index is 0. The highest BCUT2D eigenvalue weighted by molar-refractivity contribution is 4.65. The van der Waals surface area contributed by atoms with Gasteiger partial charge in [-0.3, -0.25) is 0 Å². The minimum Gasteiger partial charge on any atom is -1.00 e. The summed E-state index contributed by atoms with van der Waals surface area (Å²) in [5, 5.41) is 0. The first-order chi connectivity index (χ1) is 13.1. The highest BCUT2D eigenvalue weighted by atomic mass is 79.9. The molecule has 0 aliphatic carbocycles. The topological polar surface area (TPSA) is 26.4 Å². The molecule has 3 rings (SSSR count). The van der Waals surface area contributed by atoms with Crippen LogP contribution in [0.1, 0.15) is 41.5 Å². The molecule has 0 amide bonds. The maximum absolute atomic E-state index is 2.16. The quantitative estimate of drug-likeness (QED) is 0.247. The number of hydrogen-bond acceptors (Lipinski definition) is 0. The maximum Gasteiger partial charge on any atom is 0.243 e. The Kier molecular flexibility index (Phi) is 22.5. The Morgan fingerprint density at radius 1 is 0.467 bits per heavy atom. The van der Waals surface area contributed by atoms with Gasteiger partial charge in [0.25, 0.3) is 0 Å². The van der Waals surface area contributed by atoms with Gasteiger partial charge in [0.1, 0.15) is 37.2 Å². The van der Waals surface area contributed by atoms with Gasteiger partial charge < -0.3 is 50.9 Å². The first-order valence-electron chi connectivity index (χ1n) is 10.2. The van der Waals surface area contributed by atoms with E-state index in [1.54, 1.807) is 0 Å². The van der Waals surface area contributed by atoms with E-state index in [-0.39, 0.29) is 50.9 Å². The van der Waals surface area contributed by atoms with Crippen LogP contribution in [0.4, 0.5) is 0 Å². The molecule has 30 heavy (non-hydrogen) atoms. The van der Waals surface area contributed by atoms with E-state index in [0.29, 0.717) is 0 Å². The SMILES string of the molecule is CCn1cc[n+](CC)c1.CCn1cc[n+](CC)c1.CCn1cc[n+](CC)c1.[Br-].[Br-].[Br-]. The molecule has 174 valence electrons. The van der Waals surface area contributed by atoms with Gasteiger partial charge in [-0.2, -0.15) is 0 Å². The summed E-state index contributed by atoms with van der Waals surface area (Å²) in [5.74, 6) is 0. The normalized spacial score (nSPS) is 9.00. The molecule has 3 heterocycles. The smallest absolute Gasteiger partial charge is 0.243 e. The molecule has 0 N–H and O–H groups in total. The van der Waals surface area contributed by atoms with Gasteiger partial charge in [0.05, 0.1) is 39.3 Å². The fourth-order valence-electron chi connectivity index (χ4n) is 2.44. The summed E-state index contributed by atoms with van der Waals surface area (Å²) in [6.45, 7) is 19.2. The Morgan fingerprint density at radius 2 is 0.700 bits per heavy atom. The van der Waals surface area contributed by atoms with Gasteiger partial charge in [0, 0.05) is 0 Å². The summed E-state index contributed by atoms with van der Waals surface area (Å²) in [6, 6.07) is 0. The highest BCUT2D eigenvalue weighted by Gasteiger charge is 1.97. The van der Waals surface area contributed by atoms with Crippen LogP contribution in [0.25, 0.3) is 0 Å². The molecule has 3 aromatic heterocycles. The third kappa shape index (κ3) is 12.7. The van der Waals surface area contributed by atoms with Gasteiger partial charge >= 0.3 is 0 Å². The van der Waals surface area contributed by atoms with Crippen LogP contribution < -0.4 is 64.6 Å². The van der Waals surface area contributed by atoms with Crippen molar-refractivity contribution >= 4 is 0 Å². The zero-order valence-electron chi connectivity index (χ0n) is 19.3. The molecule has 0 saturated carbocycles. The number of halogens is 3. The van der Waals surface area contributed by atoms with Gasteiger partial charge in [-0.25, -0.2) is 27.4 Å². The fourth-order valence-corrected chi connectivity index (χ4v) is 2.44. The molecule has 0 fully saturated rings. The molecule has 0 saturated heterocycles. The van der Waals surface area contributed by atoms with Crippen molar-refractivity contribution in [3.05, 3.63) is 56.2 Å². The van der Waals surface area contributed by atoms with E-state index >= 15 is 0 Å². The monoisotopic (exact) mass is 612 g/mol. The van der Waals surface area contributed by atoms with Gasteiger partial charge in [-0.1, -0.05) is 0 Å². The lowest BCUT2D eigenvalue weighted by Crippen LogP contribution is -3.00. The van der Waals surface area contributed by atoms with E-state index in [9.17, 15) is 0 Å². The third-order valence-corrected chi connectivity index (χ3v) is 4.43. The summed E-state index contributed by atoms with van der Waals surface area (Å²) in [5.41, 5.74) is 0. The van der Waals surface area contributed by atoms with E-state index in [1.165, 1.54) is 0 Å². The molecule has 0 aliphatic rings. The van der Waals surface area contributed by atoms with Crippen LogP contribution in [-0.4, -0.2) is 13.7 Å². The lowest BCUT2D eigenvalue weighted by molar-refractivity contribution is -0.693. The highest BCUT2D eigenvalue weighted by Crippen LogP contribution is 1.82. The van der Waals surface area contributed by atoms with Crippen molar-refractivity contribution in [3.8, 4) is 0 Å². The molecule has 0 aliphatic heterocycles. The van der Waals surface area contributed by atoms with Crippen molar-refractivity contribution in [2.45, 2.75) is 80.8 Å². The van der Waals surface area contributed by atoms with Gasteiger partial charge in [-0.05, 0) is 41.5 Å². The van der Waals surface area contributed by atoms with Gasteiger partial charge in [-0.15, -0.1) is 0 Å². The number of rotatable bonds is 6. The van der Waals surface area contributed by atoms with Crippen LogP contribution in [0, 0.1) is 0 Å². The average Bonchev–Trinajstić information content (AvgIpc) is 3.48.